The highest BCUT2D eigenvalue weighted by atomic mass is 16.5. The number of aryl methyl sites for hydroxylation is 2. The quantitative estimate of drug-likeness (QED) is 0.907. The fraction of sp³-hybridized carbons (Fsp3) is 0.579. The average molecular weight is 358 g/mol. The third-order valence-electron chi connectivity index (χ3n) is 4.76. The predicted octanol–water partition coefficient (Wildman–Crippen LogP) is 2.61. The van der Waals surface area contributed by atoms with E-state index in [4.69, 9.17) is 4.52 Å². The number of nitrogens with one attached hydrogen (secondary N) is 1. The molecule has 0 unspecified atom stereocenters. The zero-order valence-electron chi connectivity index (χ0n) is 15.8. The van der Waals surface area contributed by atoms with Crippen molar-refractivity contribution in [2.75, 3.05) is 13.1 Å². The monoisotopic (exact) mass is 358 g/mol. The minimum atomic E-state index is -0.140. The molecule has 2 aromatic rings. The number of hydrogen-bond donors (Lipinski definition) is 1. The third-order valence-corrected chi connectivity index (χ3v) is 4.76. The number of amides is 2. The first kappa shape index (κ1) is 18.4. The zero-order chi connectivity index (χ0) is 18.8. The maximum atomic E-state index is 12.8. The normalized spacial score (nSPS) is 15.7. The number of carbonyl (C=O) groups is 2. The molecule has 140 valence electrons. The van der Waals surface area contributed by atoms with Crippen LogP contribution in [0.3, 0.4) is 0 Å². The van der Waals surface area contributed by atoms with Crippen LogP contribution >= 0.6 is 0 Å². The predicted molar refractivity (Wildman–Crippen MR) is 97.8 cm³/mol. The summed E-state index contributed by atoms with van der Waals surface area (Å²) in [4.78, 5) is 31.2. The molecule has 7 nitrogen and oxygen atoms in total. The van der Waals surface area contributed by atoms with Crippen LogP contribution in [0.5, 0.6) is 0 Å². The van der Waals surface area contributed by atoms with E-state index in [0.29, 0.717) is 53.5 Å². The molecule has 2 aromatic heterocycles. The summed E-state index contributed by atoms with van der Waals surface area (Å²) in [6.07, 6.45) is 2.12. The lowest BCUT2D eigenvalue weighted by Crippen LogP contribution is -2.46. The summed E-state index contributed by atoms with van der Waals surface area (Å²) in [5, 5.41) is 7.68. The Hall–Kier alpha value is -2.44. The van der Waals surface area contributed by atoms with Crippen molar-refractivity contribution in [3.63, 3.8) is 0 Å². The number of fused-ring (bicyclic) bond motifs is 1. The lowest BCUT2D eigenvalue weighted by molar-refractivity contribution is -0.133. The van der Waals surface area contributed by atoms with Crippen LogP contribution in [0.4, 0.5) is 0 Å². The van der Waals surface area contributed by atoms with Crippen LogP contribution in [0.1, 0.15) is 54.9 Å². The van der Waals surface area contributed by atoms with E-state index < -0.39 is 0 Å². The van der Waals surface area contributed by atoms with Gasteiger partial charge < -0.3 is 14.7 Å². The largest absolute Gasteiger partial charge is 0.349 e. The number of hydrogen-bond acceptors (Lipinski definition) is 5. The van der Waals surface area contributed by atoms with Gasteiger partial charge in [0.1, 0.15) is 0 Å². The maximum absolute atomic E-state index is 12.8. The summed E-state index contributed by atoms with van der Waals surface area (Å²) < 4.78 is 5.20. The number of aromatic nitrogens is 2. The number of likely N-dealkylation sites (tertiary alicyclic amines) is 1. The first-order valence-electron chi connectivity index (χ1n) is 9.17. The smallest absolute Gasteiger partial charge is 0.258 e. The van der Waals surface area contributed by atoms with Gasteiger partial charge in [0.2, 0.25) is 5.91 Å². The van der Waals surface area contributed by atoms with E-state index >= 15 is 0 Å². The van der Waals surface area contributed by atoms with Gasteiger partial charge in [0.05, 0.1) is 16.6 Å². The topological polar surface area (TPSA) is 88.3 Å². The Balaban J connectivity index is 1.65. The average Bonchev–Trinajstić information content (AvgIpc) is 2.95. The van der Waals surface area contributed by atoms with Crippen molar-refractivity contribution in [1.29, 1.82) is 0 Å². The van der Waals surface area contributed by atoms with Gasteiger partial charge in [-0.2, -0.15) is 0 Å². The molecule has 1 aliphatic rings. The van der Waals surface area contributed by atoms with Crippen LogP contribution in [0.15, 0.2) is 10.6 Å². The lowest BCUT2D eigenvalue weighted by Gasteiger charge is -2.33. The number of carbonyl (C=O) groups excluding carboxylic acids is 2. The van der Waals surface area contributed by atoms with Crippen LogP contribution in [-0.2, 0) is 4.79 Å². The molecule has 2 amide bonds. The first-order chi connectivity index (χ1) is 12.3. The van der Waals surface area contributed by atoms with Gasteiger partial charge in [-0.15, -0.1) is 0 Å². The first-order valence-corrected chi connectivity index (χ1v) is 9.17. The van der Waals surface area contributed by atoms with Crippen LogP contribution in [0.2, 0.25) is 0 Å². The molecule has 0 bridgehead atoms. The second-order valence-corrected chi connectivity index (χ2v) is 7.49. The van der Waals surface area contributed by atoms with Crippen LogP contribution in [0, 0.1) is 19.8 Å². The number of pyridine rings is 1. The molecule has 3 rings (SSSR count). The molecule has 0 radical (unpaired) electrons. The second kappa shape index (κ2) is 7.43. The van der Waals surface area contributed by atoms with Gasteiger partial charge in [-0.1, -0.05) is 19.0 Å². The van der Waals surface area contributed by atoms with E-state index in [-0.39, 0.29) is 17.9 Å². The number of piperidine rings is 1. The van der Waals surface area contributed by atoms with E-state index in [1.807, 2.05) is 11.8 Å². The maximum Gasteiger partial charge on any atom is 0.258 e. The third kappa shape index (κ3) is 3.86. The molecule has 0 saturated carbocycles. The Labute approximate surface area is 153 Å². The Morgan fingerprint density at radius 2 is 2.00 bits per heavy atom. The molecular formula is C19H26N4O3. The molecule has 0 spiro atoms. The molecule has 0 aromatic carbocycles. The van der Waals surface area contributed by atoms with Crippen molar-refractivity contribution in [3.8, 4) is 0 Å². The zero-order valence-corrected chi connectivity index (χ0v) is 15.8. The summed E-state index contributed by atoms with van der Waals surface area (Å²) >= 11 is 0. The van der Waals surface area contributed by atoms with Crippen molar-refractivity contribution in [1.82, 2.24) is 20.4 Å². The minimum absolute atomic E-state index is 0.0642. The van der Waals surface area contributed by atoms with E-state index in [0.717, 1.165) is 12.8 Å². The van der Waals surface area contributed by atoms with Gasteiger partial charge in [0.25, 0.3) is 11.6 Å². The number of rotatable bonds is 4. The van der Waals surface area contributed by atoms with Crippen LogP contribution < -0.4 is 5.32 Å². The number of nitrogens with zero attached hydrogens (tertiary/aromatic N) is 3. The van der Waals surface area contributed by atoms with Gasteiger partial charge in [-0.05, 0) is 38.7 Å². The molecule has 26 heavy (non-hydrogen) atoms. The molecule has 7 heteroatoms. The molecular weight excluding hydrogens is 332 g/mol. The SMILES string of the molecule is Cc1cc(C(=O)NC2CCN(C(=O)CC(C)C)CC2)c2c(C)noc2n1. The molecule has 1 N–H and O–H groups in total. The van der Waals surface area contributed by atoms with Crippen LogP contribution in [-0.4, -0.2) is 46.0 Å². The van der Waals surface area contributed by atoms with E-state index in [2.05, 4.69) is 29.3 Å². The molecule has 0 aliphatic carbocycles. The van der Waals surface area contributed by atoms with Crippen LogP contribution in [0.25, 0.3) is 11.1 Å². The highest BCUT2D eigenvalue weighted by molar-refractivity contribution is 6.06. The fourth-order valence-electron chi connectivity index (χ4n) is 3.41. The minimum Gasteiger partial charge on any atom is -0.349 e. The molecule has 1 fully saturated rings. The van der Waals surface area contributed by atoms with Crippen molar-refractivity contribution < 1.29 is 14.1 Å². The van der Waals surface area contributed by atoms with Crippen molar-refractivity contribution in [3.05, 3.63) is 23.0 Å². The highest BCUT2D eigenvalue weighted by Gasteiger charge is 2.26. The summed E-state index contributed by atoms with van der Waals surface area (Å²) in [6.45, 7) is 9.11. The summed E-state index contributed by atoms with van der Waals surface area (Å²) in [7, 11) is 0. The summed E-state index contributed by atoms with van der Waals surface area (Å²) in [5.41, 5.74) is 2.31. The van der Waals surface area contributed by atoms with Gasteiger partial charge in [-0.25, -0.2) is 4.98 Å². The highest BCUT2D eigenvalue weighted by Crippen LogP contribution is 2.22. The van der Waals surface area contributed by atoms with Crippen molar-refractivity contribution in [2.24, 2.45) is 5.92 Å². The molecule has 3 heterocycles. The Morgan fingerprint density at radius 3 is 2.65 bits per heavy atom. The van der Waals surface area contributed by atoms with E-state index in [1.165, 1.54) is 0 Å². The van der Waals surface area contributed by atoms with Crippen molar-refractivity contribution >= 4 is 22.9 Å². The second-order valence-electron chi connectivity index (χ2n) is 7.49. The summed E-state index contributed by atoms with van der Waals surface area (Å²) in [5.74, 6) is 0.430. The fourth-order valence-corrected chi connectivity index (χ4v) is 3.41. The lowest BCUT2D eigenvalue weighted by atomic mass is 10.0. The molecule has 1 aliphatic heterocycles. The Kier molecular flexibility index (Phi) is 5.25. The van der Waals surface area contributed by atoms with Gasteiger partial charge in [0, 0.05) is 31.2 Å². The standard InChI is InChI=1S/C19H26N4O3/c1-11(2)9-16(24)23-7-5-14(6-8-23)21-18(25)15-10-12(3)20-19-17(15)13(4)22-26-19/h10-11,14H,5-9H2,1-4H3,(H,21,25). The van der Waals surface area contributed by atoms with E-state index in [1.54, 1.807) is 13.0 Å². The summed E-state index contributed by atoms with van der Waals surface area (Å²) in [6, 6.07) is 1.83. The Bertz CT molecular complexity index is 820. The van der Waals surface area contributed by atoms with Crippen molar-refractivity contribution in [2.45, 2.75) is 53.0 Å². The molecule has 1 saturated heterocycles. The van der Waals surface area contributed by atoms with Gasteiger partial charge >= 0.3 is 0 Å². The molecule has 0 atom stereocenters. The van der Waals surface area contributed by atoms with Gasteiger partial charge in [0.15, 0.2) is 0 Å². The van der Waals surface area contributed by atoms with Gasteiger partial charge in [-0.3, -0.25) is 9.59 Å². The van der Waals surface area contributed by atoms with E-state index in [9.17, 15) is 9.59 Å². The Morgan fingerprint density at radius 1 is 1.31 bits per heavy atom.